The molecule has 7 nitrogen and oxygen atoms in total. The summed E-state index contributed by atoms with van der Waals surface area (Å²) >= 11 is 0. The maximum absolute atomic E-state index is 10.0. The molecule has 160 valence electrons. The minimum absolute atomic E-state index is 0.235. The highest BCUT2D eigenvalue weighted by Crippen LogP contribution is 2.28. The summed E-state index contributed by atoms with van der Waals surface area (Å²) in [5, 5.41) is 14.1. The molecule has 4 rings (SSSR count). The SMILES string of the molecule is OC(CNCCOc1ccc2oc(C3=C=CCOC=N3)cc2c1)COc1ccccc1. The van der Waals surface area contributed by atoms with Gasteiger partial charge >= 0.3 is 0 Å². The molecule has 1 aliphatic heterocycles. The Labute approximate surface area is 180 Å². The van der Waals surface area contributed by atoms with Crippen LogP contribution in [0.1, 0.15) is 5.76 Å². The van der Waals surface area contributed by atoms with Gasteiger partial charge in [-0.1, -0.05) is 23.9 Å². The van der Waals surface area contributed by atoms with Crippen molar-refractivity contribution in [2.45, 2.75) is 6.10 Å². The second-order valence-corrected chi connectivity index (χ2v) is 6.91. The third-order valence-electron chi connectivity index (χ3n) is 4.51. The molecule has 0 bridgehead atoms. The quantitative estimate of drug-likeness (QED) is 0.386. The zero-order chi connectivity index (χ0) is 21.3. The van der Waals surface area contributed by atoms with Gasteiger partial charge in [0.1, 0.15) is 43.0 Å². The Balaban J connectivity index is 1.21. The summed E-state index contributed by atoms with van der Waals surface area (Å²) in [6.07, 6.45) is 2.56. The van der Waals surface area contributed by atoms with Crippen LogP contribution in [0.4, 0.5) is 0 Å². The van der Waals surface area contributed by atoms with Crippen molar-refractivity contribution in [2.75, 3.05) is 32.9 Å². The Kier molecular flexibility index (Phi) is 7.03. The first-order valence-electron chi connectivity index (χ1n) is 10.1. The fraction of sp³-hybridized carbons (Fsp3) is 0.250. The van der Waals surface area contributed by atoms with E-state index in [0.29, 0.717) is 37.8 Å². The fourth-order valence-corrected chi connectivity index (χ4v) is 3.00. The van der Waals surface area contributed by atoms with Gasteiger partial charge in [-0.3, -0.25) is 0 Å². The number of fused-ring (bicyclic) bond motifs is 1. The van der Waals surface area contributed by atoms with Crippen LogP contribution in [0.25, 0.3) is 16.7 Å². The Morgan fingerprint density at radius 3 is 2.90 bits per heavy atom. The van der Waals surface area contributed by atoms with Crippen molar-refractivity contribution in [3.63, 3.8) is 0 Å². The van der Waals surface area contributed by atoms with E-state index in [9.17, 15) is 5.11 Å². The lowest BCUT2D eigenvalue weighted by atomic mass is 10.2. The third-order valence-corrected chi connectivity index (χ3v) is 4.51. The minimum atomic E-state index is -0.596. The van der Waals surface area contributed by atoms with Gasteiger partial charge in [-0.25, -0.2) is 4.99 Å². The van der Waals surface area contributed by atoms with Crippen molar-refractivity contribution in [2.24, 2.45) is 4.99 Å². The van der Waals surface area contributed by atoms with Crippen LogP contribution in [0, 0.1) is 0 Å². The molecule has 2 N–H and O–H groups in total. The molecular formula is C24H24N2O5. The van der Waals surface area contributed by atoms with Gasteiger partial charge in [-0.15, -0.1) is 0 Å². The molecule has 31 heavy (non-hydrogen) atoms. The largest absolute Gasteiger partial charge is 0.492 e. The van der Waals surface area contributed by atoms with Crippen LogP contribution in [-0.4, -0.2) is 50.5 Å². The molecule has 0 radical (unpaired) electrons. The number of nitrogens with zero attached hydrogens (tertiary/aromatic N) is 1. The van der Waals surface area contributed by atoms with Crippen LogP contribution in [0.5, 0.6) is 11.5 Å². The normalized spacial score (nSPS) is 14.0. The first-order chi connectivity index (χ1) is 15.3. The number of aliphatic hydroxyl groups is 1. The fourth-order valence-electron chi connectivity index (χ4n) is 3.00. The Bertz CT molecular complexity index is 1080. The molecule has 1 atom stereocenters. The summed E-state index contributed by atoms with van der Waals surface area (Å²) in [5.41, 5.74) is 4.39. The molecule has 1 unspecified atom stereocenters. The van der Waals surface area contributed by atoms with Crippen molar-refractivity contribution in [1.29, 1.82) is 0 Å². The number of hydrogen-bond donors (Lipinski definition) is 2. The second-order valence-electron chi connectivity index (χ2n) is 6.91. The molecule has 0 amide bonds. The third kappa shape index (κ3) is 5.99. The Morgan fingerprint density at radius 2 is 2.00 bits per heavy atom. The molecule has 7 heteroatoms. The number of furan rings is 1. The van der Waals surface area contributed by atoms with Crippen molar-refractivity contribution < 1.29 is 23.7 Å². The summed E-state index contributed by atoms with van der Waals surface area (Å²) in [6, 6.07) is 17.0. The van der Waals surface area contributed by atoms with Crippen molar-refractivity contribution in [3.05, 3.63) is 72.2 Å². The number of ether oxygens (including phenoxy) is 3. The molecule has 0 aliphatic carbocycles. The van der Waals surface area contributed by atoms with Crippen LogP contribution >= 0.6 is 0 Å². The maximum atomic E-state index is 10.0. The average molecular weight is 420 g/mol. The zero-order valence-electron chi connectivity index (χ0n) is 17.0. The molecule has 1 aromatic heterocycles. The Morgan fingerprint density at radius 1 is 1.10 bits per heavy atom. The van der Waals surface area contributed by atoms with E-state index in [-0.39, 0.29) is 6.61 Å². The van der Waals surface area contributed by atoms with E-state index >= 15 is 0 Å². The van der Waals surface area contributed by atoms with Gasteiger partial charge in [0.25, 0.3) is 0 Å². The molecule has 3 aromatic rings. The van der Waals surface area contributed by atoms with Gasteiger partial charge < -0.3 is 29.1 Å². The van der Waals surface area contributed by atoms with Crippen LogP contribution in [-0.2, 0) is 4.74 Å². The van der Waals surface area contributed by atoms with Gasteiger partial charge in [-0.05, 0) is 42.5 Å². The van der Waals surface area contributed by atoms with Gasteiger partial charge in [-0.2, -0.15) is 0 Å². The van der Waals surface area contributed by atoms with Crippen molar-refractivity contribution in [1.82, 2.24) is 5.32 Å². The molecule has 0 spiro atoms. The summed E-state index contributed by atoms with van der Waals surface area (Å²) < 4.78 is 22.3. The highest BCUT2D eigenvalue weighted by molar-refractivity contribution is 5.83. The van der Waals surface area contributed by atoms with E-state index in [4.69, 9.17) is 18.6 Å². The van der Waals surface area contributed by atoms with Crippen LogP contribution in [0.2, 0.25) is 0 Å². The number of para-hydroxylation sites is 1. The summed E-state index contributed by atoms with van der Waals surface area (Å²) in [7, 11) is 0. The van der Waals surface area contributed by atoms with Crippen LogP contribution in [0.3, 0.4) is 0 Å². The molecule has 1 aliphatic rings. The van der Waals surface area contributed by atoms with E-state index < -0.39 is 6.10 Å². The van der Waals surface area contributed by atoms with Gasteiger partial charge in [0.05, 0.1) is 0 Å². The number of rotatable bonds is 10. The average Bonchev–Trinajstić information content (AvgIpc) is 3.02. The Hall–Kier alpha value is -3.51. The first kappa shape index (κ1) is 20.8. The lowest BCUT2D eigenvalue weighted by molar-refractivity contribution is 0.105. The number of nitrogens with one attached hydrogen (secondary N) is 1. The molecular weight excluding hydrogens is 396 g/mol. The van der Waals surface area contributed by atoms with E-state index in [1.165, 1.54) is 6.40 Å². The summed E-state index contributed by atoms with van der Waals surface area (Å²) in [6.45, 7) is 2.17. The first-order valence-corrected chi connectivity index (χ1v) is 10.1. The molecule has 2 heterocycles. The molecule has 2 aromatic carbocycles. The van der Waals surface area contributed by atoms with E-state index in [2.05, 4.69) is 16.0 Å². The van der Waals surface area contributed by atoms with E-state index in [0.717, 1.165) is 22.5 Å². The predicted octanol–water partition coefficient (Wildman–Crippen LogP) is 3.40. The lowest BCUT2D eigenvalue weighted by Gasteiger charge is -2.13. The highest BCUT2D eigenvalue weighted by atomic mass is 16.5. The summed E-state index contributed by atoms with van der Waals surface area (Å²) in [4.78, 5) is 4.19. The van der Waals surface area contributed by atoms with Gasteiger partial charge in [0.2, 0.25) is 0 Å². The molecule has 0 saturated heterocycles. The van der Waals surface area contributed by atoms with Crippen molar-refractivity contribution in [3.8, 4) is 11.5 Å². The van der Waals surface area contributed by atoms with Crippen LogP contribution < -0.4 is 14.8 Å². The molecule has 0 fully saturated rings. The second kappa shape index (κ2) is 10.5. The number of aliphatic imine (C=N–C) groups is 1. The molecule has 0 saturated carbocycles. The van der Waals surface area contributed by atoms with Crippen molar-refractivity contribution >= 4 is 23.1 Å². The smallest absolute Gasteiger partial charge is 0.175 e. The topological polar surface area (TPSA) is 85.5 Å². The summed E-state index contributed by atoms with van der Waals surface area (Å²) in [5.74, 6) is 2.11. The highest BCUT2D eigenvalue weighted by Gasteiger charge is 2.10. The number of hydrogen-bond acceptors (Lipinski definition) is 7. The monoisotopic (exact) mass is 420 g/mol. The maximum Gasteiger partial charge on any atom is 0.175 e. The number of benzene rings is 2. The van der Waals surface area contributed by atoms with Crippen LogP contribution in [0.15, 0.2) is 75.8 Å². The lowest BCUT2D eigenvalue weighted by Crippen LogP contribution is -2.33. The predicted molar refractivity (Wildman–Crippen MR) is 118 cm³/mol. The van der Waals surface area contributed by atoms with Gasteiger partial charge in [0.15, 0.2) is 17.9 Å². The zero-order valence-corrected chi connectivity index (χ0v) is 17.0. The minimum Gasteiger partial charge on any atom is -0.492 e. The van der Waals surface area contributed by atoms with E-state index in [1.807, 2.05) is 54.6 Å². The number of aliphatic hydroxyl groups excluding tert-OH is 1. The van der Waals surface area contributed by atoms with E-state index in [1.54, 1.807) is 6.08 Å². The van der Waals surface area contributed by atoms with Gasteiger partial charge in [0, 0.05) is 18.5 Å². The standard InChI is InChI=1S/C24H24N2O5/c27-19(16-30-20-5-2-1-3-6-20)15-25-10-12-29-21-8-9-23-18(13-21)14-24(31-23)22-7-4-11-28-17-26-22/h1-6,8-9,13-14,17,19,25,27H,10-12,15-16H2.